The lowest BCUT2D eigenvalue weighted by atomic mass is 10.1. The summed E-state index contributed by atoms with van der Waals surface area (Å²) in [4.78, 5) is 11.1. The molecule has 0 rings (SSSR count). The fourth-order valence-electron chi connectivity index (χ4n) is 1.62. The van der Waals surface area contributed by atoms with E-state index in [9.17, 15) is 15.0 Å². The van der Waals surface area contributed by atoms with E-state index in [1.165, 1.54) is 0 Å². The number of aliphatic hydroxyl groups is 2. The minimum atomic E-state index is -0.759. The van der Waals surface area contributed by atoms with E-state index in [1.807, 2.05) is 13.8 Å². The molecule has 0 aliphatic heterocycles. The van der Waals surface area contributed by atoms with Crippen LogP contribution in [-0.2, 0) is 9.53 Å². The van der Waals surface area contributed by atoms with Crippen LogP contribution in [0.4, 0.5) is 0 Å². The Morgan fingerprint density at radius 3 is 2.62 bits per heavy atom. The molecule has 0 aromatic rings. The van der Waals surface area contributed by atoms with E-state index in [0.29, 0.717) is 38.2 Å². The molecule has 0 radical (unpaired) electrons. The lowest BCUT2D eigenvalue weighted by molar-refractivity contribution is -0.143. The van der Waals surface area contributed by atoms with Crippen molar-refractivity contribution in [3.63, 3.8) is 0 Å². The molecule has 132 valence electrons. The Hall–Kier alpha value is -2.01. The third kappa shape index (κ3) is 14.9. The summed E-state index contributed by atoms with van der Waals surface area (Å²) < 4.78 is 4.80. The van der Waals surface area contributed by atoms with Crippen molar-refractivity contribution in [3.8, 4) is 23.7 Å². The lowest BCUT2D eigenvalue weighted by Gasteiger charge is -2.03. The van der Waals surface area contributed by atoms with Gasteiger partial charge in [-0.1, -0.05) is 49.8 Å². The van der Waals surface area contributed by atoms with E-state index in [0.717, 1.165) is 0 Å². The van der Waals surface area contributed by atoms with Gasteiger partial charge in [0.05, 0.1) is 12.7 Å². The quantitative estimate of drug-likeness (QED) is 0.407. The van der Waals surface area contributed by atoms with E-state index < -0.39 is 12.2 Å². The largest absolute Gasteiger partial charge is 0.466 e. The molecule has 0 amide bonds. The van der Waals surface area contributed by atoms with E-state index in [2.05, 4.69) is 23.7 Å². The highest BCUT2D eigenvalue weighted by molar-refractivity contribution is 5.69. The SMILES string of the molecule is CCOC(=O)CCCC(O)C#CC=CC=CC(O)CC#CC(C)C. The minimum Gasteiger partial charge on any atom is -0.466 e. The highest BCUT2D eigenvalue weighted by Gasteiger charge is 2.04. The summed E-state index contributed by atoms with van der Waals surface area (Å²) in [6.07, 6.45) is 6.95. The summed E-state index contributed by atoms with van der Waals surface area (Å²) in [5.41, 5.74) is 0. The molecule has 2 N–H and O–H groups in total. The van der Waals surface area contributed by atoms with Gasteiger partial charge >= 0.3 is 5.97 Å². The number of ether oxygens (including phenoxy) is 1. The predicted molar refractivity (Wildman–Crippen MR) is 95.8 cm³/mol. The average Bonchev–Trinajstić information content (AvgIpc) is 2.50. The molecule has 0 fully saturated rings. The second-order valence-electron chi connectivity index (χ2n) is 5.49. The van der Waals surface area contributed by atoms with Gasteiger partial charge in [-0.05, 0) is 25.8 Å². The van der Waals surface area contributed by atoms with Gasteiger partial charge in [-0.3, -0.25) is 4.79 Å². The van der Waals surface area contributed by atoms with Crippen molar-refractivity contribution in [2.24, 2.45) is 5.92 Å². The smallest absolute Gasteiger partial charge is 0.305 e. The van der Waals surface area contributed by atoms with E-state index >= 15 is 0 Å². The number of aliphatic hydroxyl groups excluding tert-OH is 2. The fourth-order valence-corrected chi connectivity index (χ4v) is 1.62. The Morgan fingerprint density at radius 1 is 1.21 bits per heavy atom. The second kappa shape index (κ2) is 14.6. The molecule has 4 nitrogen and oxygen atoms in total. The molecule has 4 heteroatoms. The first-order valence-corrected chi connectivity index (χ1v) is 8.30. The summed E-state index contributed by atoms with van der Waals surface area (Å²) in [5, 5.41) is 19.3. The van der Waals surface area contributed by atoms with Gasteiger partial charge in [-0.2, -0.15) is 0 Å². The summed E-state index contributed by atoms with van der Waals surface area (Å²) in [6, 6.07) is 0. The van der Waals surface area contributed by atoms with Crippen LogP contribution in [0, 0.1) is 29.6 Å². The molecule has 0 spiro atoms. The maximum Gasteiger partial charge on any atom is 0.305 e. The molecule has 0 bridgehead atoms. The molecule has 0 saturated heterocycles. The summed E-state index contributed by atoms with van der Waals surface area (Å²) >= 11 is 0. The number of carbonyl (C=O) groups excluding carboxylic acids is 1. The highest BCUT2D eigenvalue weighted by atomic mass is 16.5. The van der Waals surface area contributed by atoms with Crippen molar-refractivity contribution in [1.29, 1.82) is 0 Å². The highest BCUT2D eigenvalue weighted by Crippen LogP contribution is 2.01. The van der Waals surface area contributed by atoms with Crippen LogP contribution in [0.2, 0.25) is 0 Å². The molecule has 0 saturated carbocycles. The summed E-state index contributed by atoms with van der Waals surface area (Å²) in [7, 11) is 0. The Bertz CT molecular complexity index is 523. The first-order chi connectivity index (χ1) is 11.5. The molecule has 24 heavy (non-hydrogen) atoms. The van der Waals surface area contributed by atoms with E-state index in [1.54, 1.807) is 31.2 Å². The van der Waals surface area contributed by atoms with Crippen LogP contribution in [-0.4, -0.2) is 35.0 Å². The first-order valence-electron chi connectivity index (χ1n) is 8.30. The number of hydrogen-bond donors (Lipinski definition) is 2. The molecular formula is C20H28O4. The van der Waals surface area contributed by atoms with Gasteiger partial charge in [-0.15, -0.1) is 5.92 Å². The Balaban J connectivity index is 3.98. The van der Waals surface area contributed by atoms with Crippen LogP contribution in [0.1, 0.15) is 46.5 Å². The summed E-state index contributed by atoms with van der Waals surface area (Å²) in [5.74, 6) is 11.4. The van der Waals surface area contributed by atoms with Crippen molar-refractivity contribution >= 4 is 5.97 Å². The molecule has 0 aromatic heterocycles. The third-order valence-corrected chi connectivity index (χ3v) is 2.74. The van der Waals surface area contributed by atoms with Gasteiger partial charge < -0.3 is 14.9 Å². The van der Waals surface area contributed by atoms with E-state index in [4.69, 9.17) is 4.74 Å². The normalized spacial score (nSPS) is 13.2. The summed E-state index contributed by atoms with van der Waals surface area (Å²) in [6.45, 7) is 6.14. The molecule has 0 heterocycles. The molecule has 0 aliphatic rings. The monoisotopic (exact) mass is 332 g/mol. The zero-order chi connectivity index (χ0) is 18.2. The van der Waals surface area contributed by atoms with Gasteiger partial charge in [-0.25, -0.2) is 0 Å². The van der Waals surface area contributed by atoms with Crippen molar-refractivity contribution in [3.05, 3.63) is 24.3 Å². The van der Waals surface area contributed by atoms with Crippen LogP contribution in [0.25, 0.3) is 0 Å². The van der Waals surface area contributed by atoms with Crippen LogP contribution >= 0.6 is 0 Å². The van der Waals surface area contributed by atoms with Gasteiger partial charge in [0, 0.05) is 18.8 Å². The number of carbonyl (C=O) groups is 1. The fraction of sp³-hybridized carbons (Fsp3) is 0.550. The molecule has 2 atom stereocenters. The van der Waals surface area contributed by atoms with E-state index in [-0.39, 0.29) is 5.97 Å². The minimum absolute atomic E-state index is 0.251. The number of rotatable bonds is 8. The Kier molecular flexibility index (Phi) is 13.4. The van der Waals surface area contributed by atoms with Crippen molar-refractivity contribution < 1.29 is 19.7 Å². The van der Waals surface area contributed by atoms with Crippen molar-refractivity contribution in [2.45, 2.75) is 58.7 Å². The van der Waals surface area contributed by atoms with Gasteiger partial charge in [0.1, 0.15) is 6.10 Å². The Labute approximate surface area is 145 Å². The van der Waals surface area contributed by atoms with Gasteiger partial charge in [0.25, 0.3) is 0 Å². The molecular weight excluding hydrogens is 304 g/mol. The molecule has 0 aromatic carbocycles. The number of allylic oxidation sites excluding steroid dienone is 3. The zero-order valence-corrected chi connectivity index (χ0v) is 14.8. The number of hydrogen-bond acceptors (Lipinski definition) is 4. The van der Waals surface area contributed by atoms with Crippen molar-refractivity contribution in [2.75, 3.05) is 6.61 Å². The third-order valence-electron chi connectivity index (χ3n) is 2.74. The van der Waals surface area contributed by atoms with Gasteiger partial charge in [0.15, 0.2) is 0 Å². The topological polar surface area (TPSA) is 66.8 Å². The Morgan fingerprint density at radius 2 is 1.96 bits per heavy atom. The predicted octanol–water partition coefficient (Wildman–Crippen LogP) is 2.61. The maximum atomic E-state index is 11.1. The maximum absolute atomic E-state index is 11.1. The zero-order valence-electron chi connectivity index (χ0n) is 14.8. The van der Waals surface area contributed by atoms with Crippen LogP contribution < -0.4 is 0 Å². The first kappa shape index (κ1) is 22.0. The van der Waals surface area contributed by atoms with Crippen LogP contribution in [0.5, 0.6) is 0 Å². The van der Waals surface area contributed by atoms with Crippen LogP contribution in [0.15, 0.2) is 24.3 Å². The average molecular weight is 332 g/mol. The lowest BCUT2D eigenvalue weighted by Crippen LogP contribution is -2.07. The van der Waals surface area contributed by atoms with Gasteiger partial charge in [0.2, 0.25) is 0 Å². The second-order valence-corrected chi connectivity index (χ2v) is 5.49. The van der Waals surface area contributed by atoms with Crippen LogP contribution in [0.3, 0.4) is 0 Å². The molecule has 2 unspecified atom stereocenters. The van der Waals surface area contributed by atoms with Crippen molar-refractivity contribution in [1.82, 2.24) is 0 Å². The number of esters is 1. The standard InChI is InChI=1S/C20H28O4/c1-4-24-20(23)16-10-15-19(22)13-8-6-5-7-12-18(21)14-9-11-17(2)3/h5-7,12,17-19,21-22H,4,10,14-16H2,1-3H3. The molecule has 0 aliphatic carbocycles.